The van der Waals surface area contributed by atoms with Crippen LogP contribution in [0.3, 0.4) is 0 Å². The first-order valence-corrected chi connectivity index (χ1v) is 10.4. The van der Waals surface area contributed by atoms with Gasteiger partial charge < -0.3 is 16.8 Å². The van der Waals surface area contributed by atoms with Crippen LogP contribution in [0.5, 0.6) is 0 Å². The predicted molar refractivity (Wildman–Crippen MR) is 122 cm³/mol. The van der Waals surface area contributed by atoms with Crippen LogP contribution in [-0.4, -0.2) is 27.5 Å². The highest BCUT2D eigenvalue weighted by Crippen LogP contribution is 2.19. The lowest BCUT2D eigenvalue weighted by Gasteiger charge is -2.12. The van der Waals surface area contributed by atoms with Crippen molar-refractivity contribution in [3.8, 4) is 0 Å². The topological polar surface area (TPSA) is 150 Å². The molecule has 3 amide bonds. The molecule has 9 heteroatoms. The molecule has 0 aliphatic carbocycles. The third kappa shape index (κ3) is 5.00. The zero-order valence-electron chi connectivity index (χ0n) is 17.8. The zero-order valence-corrected chi connectivity index (χ0v) is 17.8. The molecule has 3 rings (SSSR count). The van der Waals surface area contributed by atoms with Gasteiger partial charge in [0.15, 0.2) is 5.69 Å². The zero-order chi connectivity index (χ0) is 23.3. The molecule has 0 fully saturated rings. The lowest BCUT2D eigenvalue weighted by Crippen LogP contribution is -2.28. The number of hydrogen-bond donors (Lipinski definition) is 3. The Balaban J connectivity index is 2.01. The second kappa shape index (κ2) is 9.86. The summed E-state index contributed by atoms with van der Waals surface area (Å²) in [6.07, 6.45) is 3.83. The van der Waals surface area contributed by atoms with Gasteiger partial charge in [-0.1, -0.05) is 44.4 Å². The molecule has 0 saturated heterocycles. The number of nitrogens with two attached hydrogens (primary N) is 2. The van der Waals surface area contributed by atoms with Crippen molar-refractivity contribution in [2.45, 2.75) is 39.2 Å². The van der Waals surface area contributed by atoms with Crippen LogP contribution in [0.4, 0.5) is 5.69 Å². The third-order valence-electron chi connectivity index (χ3n) is 5.07. The molecule has 0 radical (unpaired) electrons. The first-order valence-electron chi connectivity index (χ1n) is 10.4. The normalized spacial score (nSPS) is 10.8. The highest BCUT2D eigenvalue weighted by Gasteiger charge is 2.18. The van der Waals surface area contributed by atoms with E-state index in [0.717, 1.165) is 25.7 Å². The summed E-state index contributed by atoms with van der Waals surface area (Å²) >= 11 is 0. The molecule has 1 aromatic heterocycles. The predicted octanol–water partition coefficient (Wildman–Crippen LogP) is 2.43. The van der Waals surface area contributed by atoms with E-state index in [1.807, 2.05) is 0 Å². The fourth-order valence-corrected chi connectivity index (χ4v) is 3.42. The van der Waals surface area contributed by atoms with Crippen LogP contribution in [0.2, 0.25) is 0 Å². The fourth-order valence-electron chi connectivity index (χ4n) is 3.42. The van der Waals surface area contributed by atoms with E-state index in [0.29, 0.717) is 17.3 Å². The smallest absolute Gasteiger partial charge is 0.276 e. The van der Waals surface area contributed by atoms with E-state index in [-0.39, 0.29) is 28.1 Å². The number of unbranched alkanes of at least 4 members (excludes halogenated alkanes) is 3. The lowest BCUT2D eigenvalue weighted by molar-refractivity contribution is 0.0993. The number of nitrogens with zero attached hydrogens (tertiary/aromatic N) is 2. The van der Waals surface area contributed by atoms with Gasteiger partial charge in [0.2, 0.25) is 11.8 Å². The number of anilines is 1. The van der Waals surface area contributed by atoms with Crippen molar-refractivity contribution in [3.05, 3.63) is 69.6 Å². The molecular formula is C23H25N5O4. The van der Waals surface area contributed by atoms with Crippen LogP contribution < -0.4 is 22.3 Å². The summed E-state index contributed by atoms with van der Waals surface area (Å²) in [5.74, 6) is -2.14. The van der Waals surface area contributed by atoms with Crippen molar-refractivity contribution >= 4 is 34.2 Å². The molecule has 166 valence electrons. The second-order valence-corrected chi connectivity index (χ2v) is 7.46. The largest absolute Gasteiger partial charge is 0.366 e. The Kier molecular flexibility index (Phi) is 6.99. The Bertz CT molecular complexity index is 1220. The fraction of sp³-hybridized carbons (Fsp3) is 0.261. The molecule has 0 bridgehead atoms. The minimum absolute atomic E-state index is 0.0234. The van der Waals surface area contributed by atoms with Gasteiger partial charge in [0, 0.05) is 28.7 Å². The van der Waals surface area contributed by atoms with Gasteiger partial charge in [-0.25, -0.2) is 4.68 Å². The second-order valence-electron chi connectivity index (χ2n) is 7.46. The molecule has 0 saturated carbocycles. The highest BCUT2D eigenvalue weighted by molar-refractivity contribution is 6.12. The summed E-state index contributed by atoms with van der Waals surface area (Å²) in [6, 6.07) is 10.7. The van der Waals surface area contributed by atoms with E-state index in [1.165, 1.54) is 22.9 Å². The number of aryl methyl sites for hydroxylation is 1. The summed E-state index contributed by atoms with van der Waals surface area (Å²) in [5, 5.41) is 7.73. The van der Waals surface area contributed by atoms with Crippen LogP contribution in [0.25, 0.3) is 10.8 Å². The monoisotopic (exact) mass is 435 g/mol. The molecular weight excluding hydrogens is 410 g/mol. The van der Waals surface area contributed by atoms with Gasteiger partial charge in [0.1, 0.15) is 0 Å². The van der Waals surface area contributed by atoms with Crippen LogP contribution >= 0.6 is 0 Å². The van der Waals surface area contributed by atoms with Gasteiger partial charge in [0.05, 0.1) is 5.39 Å². The maximum absolute atomic E-state index is 13.1. The van der Waals surface area contributed by atoms with Crippen molar-refractivity contribution in [3.63, 3.8) is 0 Å². The Morgan fingerprint density at radius 2 is 1.56 bits per heavy atom. The van der Waals surface area contributed by atoms with Crippen LogP contribution in [0, 0.1) is 0 Å². The summed E-state index contributed by atoms with van der Waals surface area (Å²) in [6.45, 7) is 2.49. The lowest BCUT2D eigenvalue weighted by atomic mass is 10.1. The van der Waals surface area contributed by atoms with E-state index in [1.54, 1.807) is 24.3 Å². The minimum Gasteiger partial charge on any atom is -0.366 e. The molecule has 0 aliphatic rings. The molecule has 9 nitrogen and oxygen atoms in total. The van der Waals surface area contributed by atoms with E-state index in [4.69, 9.17) is 11.5 Å². The number of amides is 3. The standard InChI is InChI=1S/C23H25N5O4/c1-2-3-4-7-10-28-23(32)18-9-6-5-8-17(18)19(27-28)22(31)26-16-12-14(20(24)29)11-15(13-16)21(25)30/h5-6,8-9,11-13H,2-4,7,10H2,1H3,(H2,24,29)(H2,25,30)(H,26,31). The third-order valence-corrected chi connectivity index (χ3v) is 5.07. The maximum Gasteiger partial charge on any atom is 0.276 e. The number of hydrogen-bond acceptors (Lipinski definition) is 5. The van der Waals surface area contributed by atoms with Gasteiger partial charge in [-0.2, -0.15) is 5.10 Å². The SMILES string of the molecule is CCCCCCn1nc(C(=O)Nc2cc(C(N)=O)cc(C(N)=O)c2)c2ccccc2c1=O. The van der Waals surface area contributed by atoms with Crippen molar-refractivity contribution in [2.75, 3.05) is 5.32 Å². The van der Waals surface area contributed by atoms with Gasteiger partial charge in [0.25, 0.3) is 11.5 Å². The van der Waals surface area contributed by atoms with E-state index in [9.17, 15) is 19.2 Å². The number of primary amides is 2. The van der Waals surface area contributed by atoms with Crippen LogP contribution in [0.1, 0.15) is 63.8 Å². The maximum atomic E-state index is 13.1. The number of carbonyl (C=O) groups is 3. The van der Waals surface area contributed by atoms with Gasteiger partial charge in [-0.3, -0.25) is 19.2 Å². The summed E-state index contributed by atoms with van der Waals surface area (Å²) in [7, 11) is 0. The summed E-state index contributed by atoms with van der Waals surface area (Å²) in [4.78, 5) is 49.1. The molecule has 1 heterocycles. The van der Waals surface area contributed by atoms with Gasteiger partial charge in [-0.05, 0) is 30.7 Å². The average Bonchev–Trinajstić information content (AvgIpc) is 2.77. The van der Waals surface area contributed by atoms with E-state index >= 15 is 0 Å². The molecule has 0 spiro atoms. The Hall–Kier alpha value is -4.01. The van der Waals surface area contributed by atoms with Crippen molar-refractivity contribution in [1.82, 2.24) is 9.78 Å². The van der Waals surface area contributed by atoms with Gasteiger partial charge in [-0.15, -0.1) is 0 Å². The number of benzene rings is 2. The molecule has 0 aliphatic heterocycles. The highest BCUT2D eigenvalue weighted by atomic mass is 16.2. The molecule has 32 heavy (non-hydrogen) atoms. The van der Waals surface area contributed by atoms with Crippen molar-refractivity contribution in [2.24, 2.45) is 11.5 Å². The molecule has 0 unspecified atom stereocenters. The number of rotatable bonds is 9. The van der Waals surface area contributed by atoms with Gasteiger partial charge >= 0.3 is 0 Å². The molecule has 0 atom stereocenters. The average molecular weight is 435 g/mol. The first-order chi connectivity index (χ1) is 15.3. The minimum atomic E-state index is -0.771. The van der Waals surface area contributed by atoms with E-state index in [2.05, 4.69) is 17.3 Å². The Morgan fingerprint density at radius 1 is 0.938 bits per heavy atom. The Morgan fingerprint density at radius 3 is 2.16 bits per heavy atom. The molecule has 3 aromatic rings. The Labute approximate surface area is 184 Å². The van der Waals surface area contributed by atoms with Crippen molar-refractivity contribution < 1.29 is 14.4 Å². The summed E-state index contributed by atoms with van der Waals surface area (Å²) < 4.78 is 1.31. The quantitative estimate of drug-likeness (QED) is 0.441. The molecule has 2 aromatic carbocycles. The number of nitrogens with one attached hydrogen (secondary N) is 1. The first kappa shape index (κ1) is 22.7. The van der Waals surface area contributed by atoms with Crippen molar-refractivity contribution in [1.29, 1.82) is 0 Å². The molecule has 5 N–H and O–H groups in total. The number of carbonyl (C=O) groups excluding carboxylic acids is 3. The van der Waals surface area contributed by atoms with Crippen LogP contribution in [0.15, 0.2) is 47.3 Å². The van der Waals surface area contributed by atoms with E-state index < -0.39 is 17.7 Å². The van der Waals surface area contributed by atoms with Crippen LogP contribution in [-0.2, 0) is 6.54 Å². The number of fused-ring (bicyclic) bond motifs is 1. The number of aromatic nitrogens is 2. The summed E-state index contributed by atoms with van der Waals surface area (Å²) in [5.41, 5.74) is 10.6.